The van der Waals surface area contributed by atoms with Crippen LogP contribution in [0.5, 0.6) is 0 Å². The normalized spacial score (nSPS) is 24.5. The van der Waals surface area contributed by atoms with Gasteiger partial charge in [0.25, 0.3) is 5.91 Å². The van der Waals surface area contributed by atoms with Crippen LogP contribution in [0.15, 0.2) is 41.8 Å². The first-order valence-electron chi connectivity index (χ1n) is 8.71. The minimum atomic E-state index is -0.572. The van der Waals surface area contributed by atoms with Gasteiger partial charge >= 0.3 is 0 Å². The molecule has 2 N–H and O–H groups in total. The maximum Gasteiger partial charge on any atom is 0.263 e. The van der Waals surface area contributed by atoms with E-state index in [4.69, 9.17) is 11.6 Å². The number of hydrogen-bond donors (Lipinski definition) is 2. The number of carbonyl (C=O) groups excluding carboxylic acids is 3. The molecule has 4 rings (SSSR count). The van der Waals surface area contributed by atoms with Gasteiger partial charge in [0.05, 0.1) is 5.02 Å². The van der Waals surface area contributed by atoms with Crippen molar-refractivity contribution in [2.75, 3.05) is 6.54 Å². The number of nitrogens with one attached hydrogen (secondary N) is 2. The molecule has 2 fully saturated rings. The number of benzene rings is 1. The quantitative estimate of drug-likeness (QED) is 0.817. The molecule has 3 heterocycles. The van der Waals surface area contributed by atoms with Crippen molar-refractivity contribution in [3.05, 3.63) is 57.2 Å². The summed E-state index contributed by atoms with van der Waals surface area (Å²) < 4.78 is 0. The smallest absolute Gasteiger partial charge is 0.263 e. The second kappa shape index (κ2) is 7.32. The summed E-state index contributed by atoms with van der Waals surface area (Å²) in [5.41, 5.74) is 0.992. The van der Waals surface area contributed by atoms with Gasteiger partial charge < -0.3 is 15.5 Å². The Morgan fingerprint density at radius 1 is 1.26 bits per heavy atom. The van der Waals surface area contributed by atoms with Crippen molar-refractivity contribution in [2.24, 2.45) is 0 Å². The van der Waals surface area contributed by atoms with Gasteiger partial charge in [0.2, 0.25) is 11.8 Å². The van der Waals surface area contributed by atoms with E-state index < -0.39 is 12.1 Å². The van der Waals surface area contributed by atoms with Crippen LogP contribution in [0.1, 0.15) is 21.7 Å². The number of hydrogen-bond acceptors (Lipinski definition) is 4. The minimum absolute atomic E-state index is 0.102. The standard InChI is InChI=1S/C19H18ClN3O3S/c20-13-6-7-27-16(13)18(25)21-12-9-15-17(24)22-14(19(26)23(15)10-12)8-11-4-2-1-3-5-11/h1-7,12,14-15H,8-10H2,(H,21,25)(H,22,24)/t12-,14-,15-/m0/s1. The van der Waals surface area contributed by atoms with E-state index in [0.717, 1.165) is 5.56 Å². The van der Waals surface area contributed by atoms with Crippen molar-refractivity contribution >= 4 is 40.7 Å². The number of halogens is 1. The zero-order valence-electron chi connectivity index (χ0n) is 14.4. The fourth-order valence-corrected chi connectivity index (χ4v) is 4.70. The average molecular weight is 404 g/mol. The first-order chi connectivity index (χ1) is 13.0. The van der Waals surface area contributed by atoms with Gasteiger partial charge in [-0.05, 0) is 23.4 Å². The van der Waals surface area contributed by atoms with E-state index in [0.29, 0.717) is 29.3 Å². The Morgan fingerprint density at radius 2 is 2.04 bits per heavy atom. The molecule has 2 aromatic rings. The predicted octanol–water partition coefficient (Wildman–Crippen LogP) is 1.84. The number of fused-ring (bicyclic) bond motifs is 1. The minimum Gasteiger partial charge on any atom is -0.347 e. The highest BCUT2D eigenvalue weighted by Gasteiger charge is 2.46. The van der Waals surface area contributed by atoms with Crippen LogP contribution in [0.3, 0.4) is 0 Å². The summed E-state index contributed by atoms with van der Waals surface area (Å²) in [6, 6.07) is 9.89. The molecule has 2 saturated heterocycles. The summed E-state index contributed by atoms with van der Waals surface area (Å²) in [7, 11) is 0. The lowest BCUT2D eigenvalue weighted by atomic mass is 10.0. The maximum atomic E-state index is 12.9. The van der Waals surface area contributed by atoms with Gasteiger partial charge in [-0.2, -0.15) is 0 Å². The van der Waals surface area contributed by atoms with Gasteiger partial charge in [-0.3, -0.25) is 14.4 Å². The van der Waals surface area contributed by atoms with Crippen LogP contribution in [0.4, 0.5) is 0 Å². The topological polar surface area (TPSA) is 78.5 Å². The summed E-state index contributed by atoms with van der Waals surface area (Å²) in [5.74, 6) is -0.538. The molecule has 27 heavy (non-hydrogen) atoms. The summed E-state index contributed by atoms with van der Waals surface area (Å²) in [4.78, 5) is 39.8. The molecule has 1 aromatic carbocycles. The summed E-state index contributed by atoms with van der Waals surface area (Å²) >= 11 is 7.27. The molecule has 2 aliphatic heterocycles. The number of thiophene rings is 1. The van der Waals surface area contributed by atoms with E-state index in [1.807, 2.05) is 30.3 Å². The fourth-order valence-electron chi connectivity index (χ4n) is 3.66. The second-order valence-corrected chi connectivity index (χ2v) is 8.08. The highest BCUT2D eigenvalue weighted by molar-refractivity contribution is 7.12. The Labute approximate surface area is 165 Å². The van der Waals surface area contributed by atoms with Crippen LogP contribution in [-0.4, -0.2) is 47.3 Å². The average Bonchev–Trinajstić information content (AvgIpc) is 3.27. The molecule has 2 aliphatic rings. The summed E-state index contributed by atoms with van der Waals surface area (Å²) in [5, 5.41) is 7.89. The fraction of sp³-hybridized carbons (Fsp3) is 0.316. The number of rotatable bonds is 4. The lowest BCUT2D eigenvalue weighted by Gasteiger charge is -2.34. The van der Waals surface area contributed by atoms with E-state index in [2.05, 4.69) is 10.6 Å². The van der Waals surface area contributed by atoms with Gasteiger partial charge in [0, 0.05) is 19.0 Å². The zero-order chi connectivity index (χ0) is 19.0. The molecule has 0 saturated carbocycles. The maximum absolute atomic E-state index is 12.9. The second-order valence-electron chi connectivity index (χ2n) is 6.76. The van der Waals surface area contributed by atoms with Crippen LogP contribution in [0.25, 0.3) is 0 Å². The number of nitrogens with zero attached hydrogens (tertiary/aromatic N) is 1. The molecule has 3 atom stereocenters. The van der Waals surface area contributed by atoms with Gasteiger partial charge in [-0.1, -0.05) is 41.9 Å². The summed E-state index contributed by atoms with van der Waals surface area (Å²) in [6.07, 6.45) is 0.862. The Balaban J connectivity index is 1.44. The Hall–Kier alpha value is -2.38. The van der Waals surface area contributed by atoms with Crippen molar-refractivity contribution in [3.8, 4) is 0 Å². The van der Waals surface area contributed by atoms with Crippen LogP contribution < -0.4 is 10.6 Å². The third-order valence-corrected chi connectivity index (χ3v) is 6.28. The SMILES string of the molecule is O=C(N[C@H]1C[C@H]2C(=O)N[C@@H](Cc3ccccc3)C(=O)N2C1)c1sccc1Cl. The van der Waals surface area contributed by atoms with E-state index in [9.17, 15) is 14.4 Å². The molecule has 6 nitrogen and oxygen atoms in total. The zero-order valence-corrected chi connectivity index (χ0v) is 15.9. The molecule has 0 spiro atoms. The first kappa shape index (κ1) is 18.0. The van der Waals surface area contributed by atoms with Crippen molar-refractivity contribution < 1.29 is 14.4 Å². The Kier molecular flexibility index (Phi) is 4.88. The van der Waals surface area contributed by atoms with Crippen LogP contribution in [0.2, 0.25) is 5.02 Å². The van der Waals surface area contributed by atoms with Crippen LogP contribution in [-0.2, 0) is 16.0 Å². The Morgan fingerprint density at radius 3 is 2.74 bits per heavy atom. The molecule has 0 aliphatic carbocycles. The largest absolute Gasteiger partial charge is 0.347 e. The lowest BCUT2D eigenvalue weighted by molar-refractivity contribution is -0.147. The first-order valence-corrected chi connectivity index (χ1v) is 9.97. The van der Waals surface area contributed by atoms with E-state index in [1.165, 1.54) is 11.3 Å². The molecule has 140 valence electrons. The molecule has 3 amide bonds. The molecule has 0 bridgehead atoms. The van der Waals surface area contributed by atoms with E-state index in [-0.39, 0.29) is 23.8 Å². The van der Waals surface area contributed by atoms with Gasteiger partial charge in [-0.15, -0.1) is 11.3 Å². The van der Waals surface area contributed by atoms with Gasteiger partial charge in [0.1, 0.15) is 17.0 Å². The van der Waals surface area contributed by atoms with Crippen molar-refractivity contribution in [1.29, 1.82) is 0 Å². The Bertz CT molecular complexity index is 885. The van der Waals surface area contributed by atoms with Gasteiger partial charge in [0.15, 0.2) is 0 Å². The molecule has 8 heteroatoms. The molecule has 1 aromatic heterocycles. The monoisotopic (exact) mass is 403 g/mol. The lowest BCUT2D eigenvalue weighted by Crippen LogP contribution is -2.61. The highest BCUT2D eigenvalue weighted by atomic mass is 35.5. The number of carbonyl (C=O) groups is 3. The van der Waals surface area contributed by atoms with E-state index >= 15 is 0 Å². The van der Waals surface area contributed by atoms with E-state index in [1.54, 1.807) is 16.3 Å². The molecule has 0 unspecified atom stereocenters. The van der Waals surface area contributed by atoms with Crippen molar-refractivity contribution in [1.82, 2.24) is 15.5 Å². The highest BCUT2D eigenvalue weighted by Crippen LogP contribution is 2.26. The molecular formula is C19H18ClN3O3S. The summed E-state index contributed by atoms with van der Waals surface area (Å²) in [6.45, 7) is 0.330. The van der Waals surface area contributed by atoms with Crippen molar-refractivity contribution in [2.45, 2.75) is 31.0 Å². The number of piperazine rings is 1. The number of amides is 3. The van der Waals surface area contributed by atoms with Crippen molar-refractivity contribution in [3.63, 3.8) is 0 Å². The van der Waals surface area contributed by atoms with Gasteiger partial charge in [-0.25, -0.2) is 0 Å². The van der Waals surface area contributed by atoms with Crippen LogP contribution in [0, 0.1) is 0 Å². The van der Waals surface area contributed by atoms with Crippen LogP contribution >= 0.6 is 22.9 Å². The molecular weight excluding hydrogens is 386 g/mol. The third kappa shape index (κ3) is 3.57. The molecule has 0 radical (unpaired) electrons. The predicted molar refractivity (Wildman–Crippen MR) is 103 cm³/mol. The third-order valence-electron chi connectivity index (χ3n) is 4.94.